The van der Waals surface area contributed by atoms with Gasteiger partial charge in [0.15, 0.2) is 0 Å². The number of amides is 2. The van der Waals surface area contributed by atoms with Crippen molar-refractivity contribution in [2.24, 2.45) is 5.41 Å². The first-order valence-corrected chi connectivity index (χ1v) is 8.25. The van der Waals surface area contributed by atoms with Crippen LogP contribution in [-0.4, -0.2) is 38.2 Å². The van der Waals surface area contributed by atoms with Crippen LogP contribution in [0, 0.1) is 5.41 Å². The fourth-order valence-electron chi connectivity index (χ4n) is 2.58. The van der Waals surface area contributed by atoms with Crippen LogP contribution in [0.2, 0.25) is 0 Å². The molecule has 132 valence electrons. The summed E-state index contributed by atoms with van der Waals surface area (Å²) in [5.41, 5.74) is -0.287. The summed E-state index contributed by atoms with van der Waals surface area (Å²) in [7, 11) is 1.59. The lowest BCUT2D eigenvalue weighted by Crippen LogP contribution is -2.49. The van der Waals surface area contributed by atoms with Crippen molar-refractivity contribution in [3.8, 4) is 5.75 Å². The van der Waals surface area contributed by atoms with Gasteiger partial charge in [0.2, 0.25) is 11.8 Å². The van der Waals surface area contributed by atoms with Crippen LogP contribution in [0.4, 0.5) is 0 Å². The van der Waals surface area contributed by atoms with E-state index in [1.807, 2.05) is 24.3 Å². The molecule has 0 bridgehead atoms. The van der Waals surface area contributed by atoms with Crippen LogP contribution < -0.4 is 15.4 Å². The van der Waals surface area contributed by atoms with Crippen LogP contribution >= 0.6 is 0 Å². The first-order valence-electron chi connectivity index (χ1n) is 8.25. The summed E-state index contributed by atoms with van der Waals surface area (Å²) in [6.45, 7) is 4.74. The Bertz CT molecular complexity index is 580. The lowest BCUT2D eigenvalue weighted by Gasteiger charge is -2.24. The molecule has 1 unspecified atom stereocenters. The Labute approximate surface area is 142 Å². The van der Waals surface area contributed by atoms with Crippen molar-refractivity contribution in [3.05, 3.63) is 29.8 Å². The van der Waals surface area contributed by atoms with Gasteiger partial charge in [-0.05, 0) is 32.8 Å². The summed E-state index contributed by atoms with van der Waals surface area (Å²) in [6, 6.07) is 7.46. The number of nitrogens with one attached hydrogen (secondary N) is 2. The quantitative estimate of drug-likeness (QED) is 0.743. The molecule has 2 N–H and O–H groups in total. The monoisotopic (exact) mass is 334 g/mol. The van der Waals surface area contributed by atoms with Gasteiger partial charge in [-0.15, -0.1) is 0 Å². The minimum Gasteiger partial charge on any atom is -0.496 e. The number of carbonyl (C=O) groups excluding carboxylic acids is 2. The number of methoxy groups -OCH3 is 1. The van der Waals surface area contributed by atoms with Gasteiger partial charge in [-0.25, -0.2) is 0 Å². The van der Waals surface area contributed by atoms with E-state index < -0.39 is 5.41 Å². The summed E-state index contributed by atoms with van der Waals surface area (Å²) >= 11 is 0. The lowest BCUT2D eigenvalue weighted by molar-refractivity contribution is -0.141. The largest absolute Gasteiger partial charge is 0.496 e. The summed E-state index contributed by atoms with van der Waals surface area (Å²) in [6.07, 6.45) is 2.02. The molecule has 0 saturated carbocycles. The van der Waals surface area contributed by atoms with Crippen molar-refractivity contribution in [1.29, 1.82) is 0 Å². The molecule has 2 rings (SSSR count). The number of hydrogen-bond acceptors (Lipinski definition) is 4. The molecule has 1 heterocycles. The summed E-state index contributed by atoms with van der Waals surface area (Å²) < 4.78 is 10.7. The van der Waals surface area contributed by atoms with Crippen molar-refractivity contribution in [3.63, 3.8) is 0 Å². The normalized spacial score (nSPS) is 17.4. The van der Waals surface area contributed by atoms with Crippen LogP contribution in [0.25, 0.3) is 0 Å². The predicted octanol–water partition coefficient (Wildman–Crippen LogP) is 1.63. The van der Waals surface area contributed by atoms with Gasteiger partial charge in [-0.2, -0.15) is 0 Å². The number of carbonyl (C=O) groups is 2. The molecule has 0 radical (unpaired) electrons. The van der Waals surface area contributed by atoms with Crippen LogP contribution in [0.3, 0.4) is 0 Å². The SMILES string of the molecule is COc1ccccc1CNC(=O)C(C)(C)C(=O)NCC1CCCO1. The molecule has 1 saturated heterocycles. The van der Waals surface area contributed by atoms with Crippen LogP contribution in [0.1, 0.15) is 32.3 Å². The van der Waals surface area contributed by atoms with Gasteiger partial charge in [0.05, 0.1) is 13.2 Å². The molecule has 1 aromatic rings. The van der Waals surface area contributed by atoms with Crippen molar-refractivity contribution in [1.82, 2.24) is 10.6 Å². The zero-order chi connectivity index (χ0) is 17.6. The maximum atomic E-state index is 12.4. The highest BCUT2D eigenvalue weighted by Crippen LogP contribution is 2.20. The van der Waals surface area contributed by atoms with E-state index in [9.17, 15) is 9.59 Å². The first kappa shape index (κ1) is 18.3. The Morgan fingerprint density at radius 1 is 1.25 bits per heavy atom. The second-order valence-electron chi connectivity index (χ2n) is 6.46. The van der Waals surface area contributed by atoms with Gasteiger partial charge in [0.25, 0.3) is 0 Å². The highest BCUT2D eigenvalue weighted by molar-refractivity contribution is 6.04. The maximum absolute atomic E-state index is 12.4. The van der Waals surface area contributed by atoms with Gasteiger partial charge >= 0.3 is 0 Å². The Kier molecular flexibility index (Phi) is 6.20. The second-order valence-corrected chi connectivity index (χ2v) is 6.46. The molecule has 1 fully saturated rings. The molecule has 0 spiro atoms. The molecule has 24 heavy (non-hydrogen) atoms. The highest BCUT2D eigenvalue weighted by Gasteiger charge is 2.36. The third-order valence-electron chi connectivity index (χ3n) is 4.28. The Morgan fingerprint density at radius 3 is 2.62 bits per heavy atom. The van der Waals surface area contributed by atoms with E-state index in [4.69, 9.17) is 9.47 Å². The van der Waals surface area contributed by atoms with Crippen molar-refractivity contribution in [2.75, 3.05) is 20.3 Å². The van der Waals surface area contributed by atoms with Crippen LogP contribution in [0.15, 0.2) is 24.3 Å². The van der Waals surface area contributed by atoms with E-state index in [1.165, 1.54) is 0 Å². The third kappa shape index (κ3) is 4.47. The molecule has 1 aliphatic heterocycles. The molecule has 6 heteroatoms. The molecule has 1 atom stereocenters. The van der Waals surface area contributed by atoms with Crippen molar-refractivity contribution >= 4 is 11.8 Å². The number of hydrogen-bond donors (Lipinski definition) is 2. The van der Waals surface area contributed by atoms with E-state index >= 15 is 0 Å². The van der Waals surface area contributed by atoms with E-state index in [2.05, 4.69) is 10.6 Å². The Morgan fingerprint density at radius 2 is 1.96 bits per heavy atom. The summed E-state index contributed by atoms with van der Waals surface area (Å²) in [5, 5.41) is 5.63. The highest BCUT2D eigenvalue weighted by atomic mass is 16.5. The average Bonchev–Trinajstić information content (AvgIpc) is 3.11. The van der Waals surface area contributed by atoms with Gasteiger partial charge in [-0.3, -0.25) is 9.59 Å². The zero-order valence-corrected chi connectivity index (χ0v) is 14.6. The van der Waals surface area contributed by atoms with Gasteiger partial charge in [0, 0.05) is 25.3 Å². The average molecular weight is 334 g/mol. The minimum atomic E-state index is -1.15. The Balaban J connectivity index is 1.87. The Hall–Kier alpha value is -2.08. The van der Waals surface area contributed by atoms with E-state index in [-0.39, 0.29) is 17.9 Å². The number of rotatable bonds is 7. The zero-order valence-electron chi connectivity index (χ0n) is 14.6. The molecule has 1 aliphatic rings. The summed E-state index contributed by atoms with van der Waals surface area (Å²) in [5.74, 6) is 0.0900. The van der Waals surface area contributed by atoms with Crippen molar-refractivity contribution in [2.45, 2.75) is 39.3 Å². The third-order valence-corrected chi connectivity index (χ3v) is 4.28. The van der Waals surface area contributed by atoms with Gasteiger partial charge in [-0.1, -0.05) is 18.2 Å². The van der Waals surface area contributed by atoms with E-state index in [0.717, 1.165) is 25.0 Å². The minimum absolute atomic E-state index is 0.0568. The molecule has 0 aliphatic carbocycles. The molecule has 2 amide bonds. The molecule has 0 aromatic heterocycles. The topological polar surface area (TPSA) is 76.7 Å². The van der Waals surface area contributed by atoms with E-state index in [0.29, 0.717) is 18.8 Å². The fraction of sp³-hybridized carbons (Fsp3) is 0.556. The fourth-order valence-corrected chi connectivity index (χ4v) is 2.58. The second kappa shape index (κ2) is 8.15. The number of benzene rings is 1. The smallest absolute Gasteiger partial charge is 0.235 e. The molecule has 1 aromatic carbocycles. The van der Waals surface area contributed by atoms with Gasteiger partial charge in [0.1, 0.15) is 11.2 Å². The van der Waals surface area contributed by atoms with Crippen molar-refractivity contribution < 1.29 is 19.1 Å². The number of ether oxygens (including phenoxy) is 2. The molecular formula is C18H26N2O4. The first-order chi connectivity index (χ1) is 11.4. The maximum Gasteiger partial charge on any atom is 0.235 e. The van der Waals surface area contributed by atoms with Crippen LogP contribution in [0.5, 0.6) is 5.75 Å². The molecule has 6 nitrogen and oxygen atoms in total. The standard InChI is InChI=1S/C18H26N2O4/c1-18(2,17(22)20-12-14-8-6-10-24-14)16(21)19-11-13-7-4-5-9-15(13)23-3/h4-5,7,9,14H,6,8,10-12H2,1-3H3,(H,19,21)(H,20,22). The molecular weight excluding hydrogens is 308 g/mol. The van der Waals surface area contributed by atoms with E-state index in [1.54, 1.807) is 21.0 Å². The van der Waals surface area contributed by atoms with Crippen LogP contribution in [-0.2, 0) is 20.9 Å². The number of para-hydroxylation sites is 1. The lowest BCUT2D eigenvalue weighted by atomic mass is 9.91. The summed E-state index contributed by atoms with van der Waals surface area (Å²) in [4.78, 5) is 24.8. The van der Waals surface area contributed by atoms with Gasteiger partial charge < -0.3 is 20.1 Å². The predicted molar refractivity (Wildman–Crippen MR) is 90.6 cm³/mol.